The Labute approximate surface area is 311 Å². The van der Waals surface area contributed by atoms with Gasteiger partial charge in [-0.1, -0.05) is 43.0 Å². The Morgan fingerprint density at radius 3 is 2.36 bits per heavy atom. The zero-order valence-electron chi connectivity index (χ0n) is 34.6. The van der Waals surface area contributed by atoms with Gasteiger partial charge in [-0.05, 0) is 59.1 Å². The topological polar surface area (TPSA) is 25.8 Å². The molecule has 0 unspecified atom stereocenters. The standard InChI is InChI=1S/C23H22NS.C19H26GeN.Ir/c1-4-16(5-2)17-11-12-24-21(14-17)20-8-6-7-19-18-10-9-15(3)13-22(18)25-23(19)20;1-19(2,3)13-16-12-18(15-10-8-7-9-11-15)21-14-17(16)20(4,5)6;/h6-7,9-14,16H,4-5H2,1-3H3;7-10,12,14H,13H2,1-6H3;/q2*-1;/i3D3,16D;13D2;. The van der Waals surface area contributed by atoms with Crippen LogP contribution >= 0.6 is 11.3 Å². The third-order valence-electron chi connectivity index (χ3n) is 7.92. The van der Waals surface area contributed by atoms with Crippen LogP contribution in [0.5, 0.6) is 0 Å². The van der Waals surface area contributed by atoms with Crippen molar-refractivity contribution in [1.29, 1.82) is 0 Å². The van der Waals surface area contributed by atoms with E-state index in [0.29, 0.717) is 5.56 Å². The number of aromatic nitrogens is 2. The van der Waals surface area contributed by atoms with Crippen molar-refractivity contribution in [2.45, 2.75) is 83.8 Å². The monoisotopic (exact) mass is 885 g/mol. The molecule has 0 aliphatic heterocycles. The second-order valence-electron chi connectivity index (χ2n) is 13.7. The molecule has 0 amide bonds. The summed E-state index contributed by atoms with van der Waals surface area (Å²) in [4.78, 5) is 9.19. The van der Waals surface area contributed by atoms with Gasteiger partial charge in [0.15, 0.2) is 0 Å². The van der Waals surface area contributed by atoms with Crippen molar-refractivity contribution < 1.29 is 28.3 Å². The quantitative estimate of drug-likeness (QED) is 0.118. The molecule has 5 heteroatoms. The molecular formula is C42H48GeIrN2S-2. The van der Waals surface area contributed by atoms with Gasteiger partial charge in [0, 0.05) is 36.5 Å². The van der Waals surface area contributed by atoms with Crippen LogP contribution in [0, 0.1) is 24.4 Å². The fourth-order valence-corrected chi connectivity index (χ4v) is 9.81. The number of hydrogen-bond donors (Lipinski definition) is 0. The summed E-state index contributed by atoms with van der Waals surface area (Å²) in [5.41, 5.74) is 5.05. The van der Waals surface area contributed by atoms with E-state index in [1.54, 1.807) is 29.7 Å². The van der Waals surface area contributed by atoms with Crippen molar-refractivity contribution in [1.82, 2.24) is 9.97 Å². The minimum absolute atomic E-state index is 0. The molecule has 0 aliphatic rings. The number of aryl methyl sites for hydroxylation is 1. The third-order valence-corrected chi connectivity index (χ3v) is 13.3. The van der Waals surface area contributed by atoms with Crippen LogP contribution in [-0.4, -0.2) is 23.2 Å². The summed E-state index contributed by atoms with van der Waals surface area (Å²) < 4.78 is 52.5. The Hall–Kier alpha value is -2.63. The number of nitrogens with zero attached hydrogens (tertiary/aromatic N) is 2. The van der Waals surface area contributed by atoms with Crippen molar-refractivity contribution in [2.75, 3.05) is 0 Å². The van der Waals surface area contributed by atoms with Crippen molar-refractivity contribution in [3.05, 3.63) is 114 Å². The molecule has 247 valence electrons. The Balaban J connectivity index is 0.000000239. The second kappa shape index (κ2) is 15.7. The van der Waals surface area contributed by atoms with E-state index < -0.39 is 37.8 Å². The minimum Gasteiger partial charge on any atom is 0 e. The van der Waals surface area contributed by atoms with Crippen LogP contribution in [0.4, 0.5) is 0 Å². The van der Waals surface area contributed by atoms with Gasteiger partial charge in [-0.2, -0.15) is 11.3 Å². The van der Waals surface area contributed by atoms with Gasteiger partial charge >= 0.3 is 135 Å². The zero-order chi connectivity index (χ0) is 38.3. The summed E-state index contributed by atoms with van der Waals surface area (Å²) in [5, 5.41) is 2.12. The van der Waals surface area contributed by atoms with Crippen LogP contribution in [0.15, 0.2) is 85.2 Å². The van der Waals surface area contributed by atoms with Gasteiger partial charge in [0.2, 0.25) is 0 Å². The van der Waals surface area contributed by atoms with Crippen LogP contribution in [0.2, 0.25) is 17.3 Å². The molecule has 0 atom stereocenters. The molecule has 47 heavy (non-hydrogen) atoms. The van der Waals surface area contributed by atoms with E-state index in [2.05, 4.69) is 39.4 Å². The van der Waals surface area contributed by atoms with E-state index in [4.69, 9.17) is 8.22 Å². The minimum atomic E-state index is -2.24. The fourth-order valence-electron chi connectivity index (χ4n) is 5.64. The molecule has 0 bridgehead atoms. The number of thiophene rings is 1. The first-order valence-corrected chi connectivity index (χ1v) is 24.2. The summed E-state index contributed by atoms with van der Waals surface area (Å²) in [7, 11) is 0. The average molecular weight is 884 g/mol. The molecule has 0 saturated carbocycles. The first-order valence-electron chi connectivity index (χ1n) is 19.0. The van der Waals surface area contributed by atoms with Crippen LogP contribution in [0.1, 0.15) is 78.3 Å². The molecular weight excluding hydrogens is 829 g/mol. The summed E-state index contributed by atoms with van der Waals surface area (Å²) in [6, 6.07) is 29.4. The number of rotatable bonds is 7. The smallest absolute Gasteiger partial charge is 0 e. The van der Waals surface area contributed by atoms with Gasteiger partial charge < -0.3 is 4.98 Å². The van der Waals surface area contributed by atoms with Crippen molar-refractivity contribution in [3.63, 3.8) is 0 Å². The predicted molar refractivity (Wildman–Crippen MR) is 204 cm³/mol. The summed E-state index contributed by atoms with van der Waals surface area (Å²) in [5.74, 6) is 6.23. The Bertz CT molecular complexity index is 2180. The molecule has 3 aromatic heterocycles. The van der Waals surface area contributed by atoms with Crippen LogP contribution in [-0.2, 0) is 26.5 Å². The molecule has 6 aromatic rings. The number of benzene rings is 3. The third kappa shape index (κ3) is 9.09. The van der Waals surface area contributed by atoms with Gasteiger partial charge in [-0.15, -0.1) is 23.8 Å². The molecule has 0 aliphatic carbocycles. The molecule has 6 rings (SSSR count). The van der Waals surface area contributed by atoms with Crippen LogP contribution in [0.25, 0.3) is 42.7 Å². The summed E-state index contributed by atoms with van der Waals surface area (Å²) >= 11 is -0.671. The Morgan fingerprint density at radius 2 is 1.70 bits per heavy atom. The molecule has 0 fully saturated rings. The van der Waals surface area contributed by atoms with Gasteiger partial charge in [0.25, 0.3) is 0 Å². The molecule has 0 saturated heterocycles. The Morgan fingerprint density at radius 1 is 0.915 bits per heavy atom. The molecule has 0 spiro atoms. The molecule has 2 nitrogen and oxygen atoms in total. The first kappa shape index (κ1) is 29.3. The number of fused-ring (bicyclic) bond motifs is 3. The normalized spacial score (nSPS) is 14.5. The summed E-state index contributed by atoms with van der Waals surface area (Å²) in [6.07, 6.45) is 3.75. The van der Waals surface area contributed by atoms with Crippen LogP contribution in [0.3, 0.4) is 0 Å². The maximum Gasteiger partial charge on any atom is 0 e. The summed E-state index contributed by atoms with van der Waals surface area (Å²) in [6.45, 7) is 7.84. The molecule has 3 heterocycles. The van der Waals surface area contributed by atoms with Crippen molar-refractivity contribution in [3.8, 4) is 22.5 Å². The predicted octanol–water partition coefficient (Wildman–Crippen LogP) is 11.8. The van der Waals surface area contributed by atoms with E-state index in [1.165, 1.54) is 0 Å². The molecule has 1 radical (unpaired) electrons. The largest absolute Gasteiger partial charge is 0 e. The van der Waals surface area contributed by atoms with Crippen LogP contribution < -0.4 is 4.40 Å². The zero-order valence-corrected chi connectivity index (χ0v) is 33.9. The molecule has 0 N–H and O–H groups in total. The average Bonchev–Trinajstić information content (AvgIpc) is 3.49. The van der Waals surface area contributed by atoms with E-state index in [-0.39, 0.29) is 20.1 Å². The maximum absolute atomic E-state index is 8.76. The Kier molecular flexibility index (Phi) is 9.80. The van der Waals surface area contributed by atoms with Gasteiger partial charge in [0.05, 0.1) is 0 Å². The second-order valence-corrected chi connectivity index (χ2v) is 25.3. The van der Waals surface area contributed by atoms with E-state index >= 15 is 0 Å². The van der Waals surface area contributed by atoms with E-state index in [1.807, 2.05) is 101 Å². The number of pyridine rings is 2. The first-order chi connectivity index (χ1) is 24.2. The number of hydrogen-bond acceptors (Lipinski definition) is 3. The molecule has 3 aromatic carbocycles. The fraction of sp³-hybridized carbons (Fsp3) is 0.333. The van der Waals surface area contributed by atoms with Crippen molar-refractivity contribution in [2.24, 2.45) is 5.41 Å². The van der Waals surface area contributed by atoms with E-state index in [0.717, 1.165) is 71.1 Å². The van der Waals surface area contributed by atoms with Crippen molar-refractivity contribution >= 4 is 49.2 Å². The van der Waals surface area contributed by atoms with Gasteiger partial charge in [-0.3, -0.25) is 0 Å². The SMILES string of the molecule is [2H]C([2H])([2H])c1ccc2c(c1)sc1c(-c3cc(C([2H])(CC)CC)ccn3)[c-]ccc12.[2H]C([2H])(c1cc(-c2[c-]cccc2)nc[c]1[Ge]([CH3])([CH3])[CH3])C(C)(C)C.[Ir]. The van der Waals surface area contributed by atoms with E-state index in [9.17, 15) is 0 Å². The van der Waals surface area contributed by atoms with Gasteiger partial charge in [0.1, 0.15) is 0 Å². The van der Waals surface area contributed by atoms with Gasteiger partial charge in [-0.25, -0.2) is 0 Å². The maximum atomic E-state index is 8.76.